The van der Waals surface area contributed by atoms with Crippen LogP contribution in [0.15, 0.2) is 71.9 Å². The maximum absolute atomic E-state index is 14.1. The minimum Gasteiger partial charge on any atom is -0.457 e. The molecular formula is C25H23FN4O3S. The van der Waals surface area contributed by atoms with Crippen molar-refractivity contribution in [3.63, 3.8) is 0 Å². The second-order valence-corrected chi connectivity index (χ2v) is 10.3. The van der Waals surface area contributed by atoms with E-state index in [9.17, 15) is 12.8 Å². The van der Waals surface area contributed by atoms with Gasteiger partial charge in [0.1, 0.15) is 28.4 Å². The number of rotatable bonds is 4. The van der Waals surface area contributed by atoms with Gasteiger partial charge < -0.3 is 4.74 Å². The Morgan fingerprint density at radius 1 is 1.15 bits per heavy atom. The van der Waals surface area contributed by atoms with Gasteiger partial charge in [-0.1, -0.05) is 42.5 Å². The molecule has 1 aliphatic heterocycles. The van der Waals surface area contributed by atoms with E-state index in [1.54, 1.807) is 81.6 Å². The molecular weight excluding hydrogens is 455 g/mol. The van der Waals surface area contributed by atoms with Crippen LogP contribution in [-0.4, -0.2) is 25.0 Å². The van der Waals surface area contributed by atoms with E-state index in [2.05, 4.69) is 14.7 Å². The van der Waals surface area contributed by atoms with Crippen molar-refractivity contribution in [2.45, 2.75) is 37.7 Å². The van der Waals surface area contributed by atoms with Crippen LogP contribution in [0.3, 0.4) is 0 Å². The normalized spacial score (nSPS) is 20.6. The van der Waals surface area contributed by atoms with Gasteiger partial charge in [-0.3, -0.25) is 0 Å². The number of nitrogens with zero attached hydrogens (tertiary/aromatic N) is 3. The number of amidine groups is 1. The Morgan fingerprint density at radius 2 is 1.85 bits per heavy atom. The number of hydrogen-bond donors (Lipinski definition) is 1. The summed E-state index contributed by atoms with van der Waals surface area (Å²) in [5.41, 5.74) is 1.65. The molecule has 34 heavy (non-hydrogen) atoms. The molecule has 0 bridgehead atoms. The number of aromatic nitrogens is 1. The van der Waals surface area contributed by atoms with Crippen LogP contribution < -0.4 is 4.72 Å². The van der Waals surface area contributed by atoms with Crippen molar-refractivity contribution in [3.05, 3.63) is 89.5 Å². The van der Waals surface area contributed by atoms with Gasteiger partial charge in [0.25, 0.3) is 6.02 Å². The summed E-state index contributed by atoms with van der Waals surface area (Å²) in [5.74, 6) is -0.425. The summed E-state index contributed by atoms with van der Waals surface area (Å²) in [5, 5.41) is 8.05. The Kier molecular flexibility index (Phi) is 6.11. The molecule has 1 aromatic heterocycles. The van der Waals surface area contributed by atoms with Crippen molar-refractivity contribution >= 4 is 16.0 Å². The van der Waals surface area contributed by atoms with Crippen LogP contribution in [0.4, 0.5) is 4.39 Å². The van der Waals surface area contributed by atoms with E-state index in [1.165, 1.54) is 6.07 Å². The summed E-state index contributed by atoms with van der Waals surface area (Å²) >= 11 is 0. The summed E-state index contributed by atoms with van der Waals surface area (Å²) in [6.45, 7) is 5.02. The largest absolute Gasteiger partial charge is 0.457 e. The molecule has 1 N–H and O–H groups in total. The minimum absolute atomic E-state index is 0.172. The van der Waals surface area contributed by atoms with E-state index in [0.717, 1.165) is 11.1 Å². The Bertz CT molecular complexity index is 1400. The molecule has 2 heterocycles. The number of halogens is 1. The van der Waals surface area contributed by atoms with E-state index in [-0.39, 0.29) is 6.02 Å². The summed E-state index contributed by atoms with van der Waals surface area (Å²) in [7, 11) is -3.91. The molecule has 0 aliphatic carbocycles. The fourth-order valence-electron chi connectivity index (χ4n) is 4.09. The number of sulfonamides is 1. The second-order valence-electron chi connectivity index (χ2n) is 8.53. The third-order valence-electron chi connectivity index (χ3n) is 5.62. The van der Waals surface area contributed by atoms with Crippen LogP contribution in [-0.2, 0) is 14.8 Å². The topological polar surface area (TPSA) is 104 Å². The lowest BCUT2D eigenvalue weighted by Gasteiger charge is -2.39. The molecule has 3 aromatic rings. The molecule has 2 atom stereocenters. The highest BCUT2D eigenvalue weighted by atomic mass is 32.2. The predicted molar refractivity (Wildman–Crippen MR) is 127 cm³/mol. The molecule has 2 unspecified atom stereocenters. The average Bonchev–Trinajstić information content (AvgIpc) is 2.78. The van der Waals surface area contributed by atoms with Gasteiger partial charge in [-0.25, -0.2) is 27.5 Å². The number of nitriles is 1. The SMILES string of the molecule is CC(N=C1NS(=O)(=O)C(c2ccc(-c3ccnc(C#N)c3)cc2)C(C)(C)O1)c1ccccc1F. The number of pyridine rings is 1. The van der Waals surface area contributed by atoms with E-state index < -0.39 is 32.7 Å². The van der Waals surface area contributed by atoms with Gasteiger partial charge in [0.2, 0.25) is 10.0 Å². The van der Waals surface area contributed by atoms with Gasteiger partial charge in [0, 0.05) is 11.8 Å². The zero-order valence-electron chi connectivity index (χ0n) is 18.9. The lowest BCUT2D eigenvalue weighted by molar-refractivity contribution is 0.0761. The quantitative estimate of drug-likeness (QED) is 0.588. The molecule has 0 radical (unpaired) electrons. The first-order chi connectivity index (χ1) is 16.1. The smallest absolute Gasteiger partial charge is 0.299 e. The average molecular weight is 479 g/mol. The minimum atomic E-state index is -3.91. The van der Waals surface area contributed by atoms with Crippen LogP contribution in [0, 0.1) is 17.1 Å². The number of benzene rings is 2. The summed E-state index contributed by atoms with van der Waals surface area (Å²) < 4.78 is 49.0. The first-order valence-electron chi connectivity index (χ1n) is 10.6. The molecule has 1 fully saturated rings. The van der Waals surface area contributed by atoms with Crippen molar-refractivity contribution in [1.29, 1.82) is 5.26 Å². The zero-order valence-corrected chi connectivity index (χ0v) is 19.7. The predicted octanol–water partition coefficient (Wildman–Crippen LogP) is 4.65. The number of ether oxygens (including phenoxy) is 1. The molecule has 0 saturated carbocycles. The van der Waals surface area contributed by atoms with Crippen molar-refractivity contribution in [2.75, 3.05) is 0 Å². The third kappa shape index (κ3) is 4.63. The Hall–Kier alpha value is -3.77. The molecule has 0 amide bonds. The van der Waals surface area contributed by atoms with Crippen LogP contribution in [0.2, 0.25) is 0 Å². The van der Waals surface area contributed by atoms with Crippen molar-refractivity contribution in [2.24, 2.45) is 4.99 Å². The Balaban J connectivity index is 1.62. The van der Waals surface area contributed by atoms with Crippen molar-refractivity contribution < 1.29 is 17.5 Å². The van der Waals surface area contributed by atoms with Gasteiger partial charge in [-0.05, 0) is 55.7 Å². The fraction of sp³-hybridized carbons (Fsp3) is 0.240. The fourth-order valence-corrected chi connectivity index (χ4v) is 5.86. The number of aliphatic imine (C=N–C) groups is 1. The lowest BCUT2D eigenvalue weighted by atomic mass is 9.95. The van der Waals surface area contributed by atoms with E-state index in [1.807, 2.05) is 6.07 Å². The maximum Gasteiger partial charge on any atom is 0.299 e. The third-order valence-corrected chi connectivity index (χ3v) is 7.54. The van der Waals surface area contributed by atoms with Gasteiger partial charge in [0.15, 0.2) is 0 Å². The lowest BCUT2D eigenvalue weighted by Crippen LogP contribution is -2.53. The molecule has 1 saturated heterocycles. The van der Waals surface area contributed by atoms with Gasteiger partial charge in [-0.2, -0.15) is 5.26 Å². The van der Waals surface area contributed by atoms with Gasteiger partial charge in [0.05, 0.1) is 6.04 Å². The summed E-state index contributed by atoms with van der Waals surface area (Å²) in [6.07, 6.45) is 1.55. The number of nitrogens with one attached hydrogen (secondary N) is 1. The first kappa shape index (κ1) is 23.4. The molecule has 0 spiro atoms. The molecule has 4 rings (SSSR count). The highest BCUT2D eigenvalue weighted by molar-refractivity contribution is 7.90. The highest BCUT2D eigenvalue weighted by Gasteiger charge is 2.48. The van der Waals surface area contributed by atoms with E-state index in [0.29, 0.717) is 16.8 Å². The van der Waals surface area contributed by atoms with Crippen molar-refractivity contribution in [1.82, 2.24) is 9.71 Å². The van der Waals surface area contributed by atoms with Crippen LogP contribution in [0.5, 0.6) is 0 Å². The Labute approximate surface area is 198 Å². The van der Waals surface area contributed by atoms with Gasteiger partial charge in [-0.15, -0.1) is 0 Å². The Morgan fingerprint density at radius 3 is 2.50 bits per heavy atom. The summed E-state index contributed by atoms with van der Waals surface area (Å²) in [6, 6.07) is 17.9. The highest BCUT2D eigenvalue weighted by Crippen LogP contribution is 2.39. The van der Waals surface area contributed by atoms with E-state index >= 15 is 0 Å². The van der Waals surface area contributed by atoms with E-state index in [4.69, 9.17) is 10.00 Å². The van der Waals surface area contributed by atoms with Gasteiger partial charge >= 0.3 is 0 Å². The molecule has 9 heteroatoms. The number of hydrogen-bond acceptors (Lipinski definition) is 6. The maximum atomic E-state index is 14.1. The van der Waals surface area contributed by atoms with Crippen LogP contribution in [0.25, 0.3) is 11.1 Å². The first-order valence-corrected chi connectivity index (χ1v) is 12.1. The zero-order chi connectivity index (χ0) is 24.5. The molecule has 1 aliphatic rings. The molecule has 174 valence electrons. The molecule has 7 nitrogen and oxygen atoms in total. The standard InChI is InChI=1S/C25H23FN4O3S/c1-16(21-6-4-5-7-22(21)26)29-24-30-34(31,32)23(25(2,3)33-24)18-10-8-17(9-11-18)19-12-13-28-20(14-19)15-27/h4-14,16,23H,1-3H3,(H,29,30). The van der Waals surface area contributed by atoms with Crippen LogP contribution >= 0.6 is 0 Å². The monoisotopic (exact) mass is 478 g/mol. The summed E-state index contributed by atoms with van der Waals surface area (Å²) in [4.78, 5) is 8.26. The van der Waals surface area contributed by atoms with Crippen molar-refractivity contribution in [3.8, 4) is 17.2 Å². The van der Waals surface area contributed by atoms with Crippen LogP contribution in [0.1, 0.15) is 48.9 Å². The second kappa shape index (κ2) is 8.88. The molecule has 2 aromatic carbocycles.